The molecule has 1 aromatic heterocycles. The van der Waals surface area contributed by atoms with E-state index in [9.17, 15) is 31.5 Å². The summed E-state index contributed by atoms with van der Waals surface area (Å²) in [5.74, 6) is -0.539. The van der Waals surface area contributed by atoms with E-state index in [2.05, 4.69) is 5.10 Å². The van der Waals surface area contributed by atoms with E-state index in [1.165, 1.54) is 30.0 Å². The number of carbonyl (C=O) groups excluding carboxylic acids is 1. The van der Waals surface area contributed by atoms with Gasteiger partial charge < -0.3 is 20.5 Å². The molecule has 1 fully saturated rings. The van der Waals surface area contributed by atoms with E-state index < -0.39 is 38.8 Å². The van der Waals surface area contributed by atoms with Crippen LogP contribution in [0.15, 0.2) is 18.2 Å². The third-order valence-electron chi connectivity index (χ3n) is 7.31. The highest BCUT2D eigenvalue weighted by molar-refractivity contribution is 7.91. The van der Waals surface area contributed by atoms with E-state index in [-0.39, 0.29) is 60.3 Å². The van der Waals surface area contributed by atoms with Gasteiger partial charge >= 0.3 is 6.18 Å². The number of amides is 1. The van der Waals surface area contributed by atoms with Gasteiger partial charge in [-0.2, -0.15) is 18.3 Å². The summed E-state index contributed by atoms with van der Waals surface area (Å²) in [4.78, 5) is 13.0. The van der Waals surface area contributed by atoms with Crippen molar-refractivity contribution < 1.29 is 36.2 Å². The number of alkyl halides is 3. The van der Waals surface area contributed by atoms with Gasteiger partial charge in [0.2, 0.25) is 0 Å². The smallest absolute Gasteiger partial charge is 0.408 e. The highest BCUT2D eigenvalue weighted by atomic mass is 35.5. The number of methoxy groups -OCH3 is 1. The summed E-state index contributed by atoms with van der Waals surface area (Å²) in [7, 11) is -1.97. The number of primary amides is 1. The van der Waals surface area contributed by atoms with Crippen LogP contribution in [0.4, 0.5) is 18.9 Å². The molecule has 1 aliphatic carbocycles. The fourth-order valence-corrected chi connectivity index (χ4v) is 6.47. The van der Waals surface area contributed by atoms with E-state index in [1.807, 2.05) is 13.8 Å². The fourth-order valence-electron chi connectivity index (χ4n) is 5.05. The van der Waals surface area contributed by atoms with Gasteiger partial charge in [0, 0.05) is 36.7 Å². The predicted molar refractivity (Wildman–Crippen MR) is 147 cm³/mol. The number of halogens is 4. The van der Waals surface area contributed by atoms with Gasteiger partial charge in [-0.1, -0.05) is 25.4 Å². The minimum Gasteiger partial charge on any atom is -0.496 e. The molecule has 0 bridgehead atoms. The van der Waals surface area contributed by atoms with Crippen molar-refractivity contribution in [1.29, 1.82) is 0 Å². The molecule has 3 rings (SSSR count). The lowest BCUT2D eigenvalue weighted by molar-refractivity contribution is -0.146. The standard InChI is InChI=1S/C26H36ClF3N4O5S/c1-15(2)13-34-23(21(27)22(32-34)24(31)35)19-7-6-17(12-20(19)39-4)33(16(3)26(28,29)30)14-25(36)10-8-18(9-11-25)40(5,37)38/h6-7,12,15-16,18,36H,8-11,13-14H2,1-5H3,(H2,31,35)/t16-,18?,25?/m1/s1. The van der Waals surface area contributed by atoms with Crippen LogP contribution in [0.5, 0.6) is 5.75 Å². The third kappa shape index (κ3) is 7.03. The first kappa shape index (κ1) is 32.0. The van der Waals surface area contributed by atoms with Crippen molar-refractivity contribution in [2.24, 2.45) is 11.7 Å². The highest BCUT2D eigenvalue weighted by Gasteiger charge is 2.45. The van der Waals surface area contributed by atoms with Crippen LogP contribution in [0.25, 0.3) is 11.3 Å². The Kier molecular flexibility index (Phi) is 9.42. The van der Waals surface area contributed by atoms with Crippen molar-refractivity contribution in [2.45, 2.75) is 76.1 Å². The van der Waals surface area contributed by atoms with Crippen LogP contribution in [0.1, 0.15) is 56.9 Å². The number of hydrogen-bond acceptors (Lipinski definition) is 7. The summed E-state index contributed by atoms with van der Waals surface area (Å²) in [6, 6.07) is 2.42. The van der Waals surface area contributed by atoms with Crippen LogP contribution in [0.3, 0.4) is 0 Å². The normalized spacial score (nSPS) is 20.9. The molecule has 1 aromatic carbocycles. The molecule has 0 aliphatic heterocycles. The van der Waals surface area contributed by atoms with Crippen molar-refractivity contribution in [3.05, 3.63) is 28.9 Å². The van der Waals surface area contributed by atoms with Gasteiger partial charge in [0.05, 0.1) is 28.7 Å². The number of anilines is 1. The van der Waals surface area contributed by atoms with Crippen molar-refractivity contribution in [3.8, 4) is 17.0 Å². The Labute approximate surface area is 237 Å². The Bertz CT molecular complexity index is 1340. The monoisotopic (exact) mass is 608 g/mol. The lowest BCUT2D eigenvalue weighted by Crippen LogP contribution is -2.53. The minimum atomic E-state index is -4.62. The SMILES string of the molecule is COc1cc(N(CC2(O)CCC(S(C)(=O)=O)CC2)[C@H](C)C(F)(F)F)ccc1-c1c(Cl)c(C(N)=O)nn1CC(C)C. The summed E-state index contributed by atoms with van der Waals surface area (Å²) in [5.41, 5.74) is 4.64. The molecule has 14 heteroatoms. The summed E-state index contributed by atoms with van der Waals surface area (Å²) in [5, 5.41) is 14.9. The van der Waals surface area contributed by atoms with Crippen LogP contribution in [-0.2, 0) is 16.4 Å². The molecule has 224 valence electrons. The van der Waals surface area contributed by atoms with Gasteiger partial charge in [0.1, 0.15) is 21.6 Å². The molecular weight excluding hydrogens is 573 g/mol. The number of hydrogen-bond donors (Lipinski definition) is 2. The Hall–Kier alpha value is -2.51. The van der Waals surface area contributed by atoms with Gasteiger partial charge in [0.15, 0.2) is 5.69 Å². The van der Waals surface area contributed by atoms with E-state index in [0.717, 1.165) is 18.1 Å². The van der Waals surface area contributed by atoms with Gasteiger partial charge in [-0.25, -0.2) is 8.42 Å². The third-order valence-corrected chi connectivity index (χ3v) is 9.35. The van der Waals surface area contributed by atoms with Crippen LogP contribution in [0, 0.1) is 5.92 Å². The largest absolute Gasteiger partial charge is 0.496 e. The maximum atomic E-state index is 14.0. The zero-order chi connectivity index (χ0) is 30.2. The maximum Gasteiger partial charge on any atom is 0.408 e. The highest BCUT2D eigenvalue weighted by Crippen LogP contribution is 2.42. The number of aromatic nitrogens is 2. The molecule has 1 heterocycles. The number of rotatable bonds is 10. The lowest BCUT2D eigenvalue weighted by atomic mass is 9.83. The lowest BCUT2D eigenvalue weighted by Gasteiger charge is -2.42. The molecular formula is C26H36ClF3N4O5S. The molecule has 40 heavy (non-hydrogen) atoms. The Morgan fingerprint density at radius 3 is 2.38 bits per heavy atom. The second kappa shape index (κ2) is 11.8. The Balaban J connectivity index is 2.06. The Morgan fingerprint density at radius 2 is 1.90 bits per heavy atom. The first-order valence-corrected chi connectivity index (χ1v) is 15.2. The molecule has 1 aliphatic rings. The van der Waals surface area contributed by atoms with E-state index >= 15 is 0 Å². The molecule has 1 saturated carbocycles. The predicted octanol–water partition coefficient (Wildman–Crippen LogP) is 4.44. The number of aliphatic hydroxyl groups is 1. The van der Waals surface area contributed by atoms with Gasteiger partial charge in [-0.3, -0.25) is 9.48 Å². The first-order valence-electron chi connectivity index (χ1n) is 12.9. The maximum absolute atomic E-state index is 14.0. The minimum absolute atomic E-state index is 0.00309. The van der Waals surface area contributed by atoms with E-state index in [0.29, 0.717) is 17.8 Å². The van der Waals surface area contributed by atoms with E-state index in [1.54, 1.807) is 0 Å². The molecule has 0 unspecified atom stereocenters. The van der Waals surface area contributed by atoms with Crippen molar-refractivity contribution in [3.63, 3.8) is 0 Å². The molecule has 2 aromatic rings. The quantitative estimate of drug-likeness (QED) is 0.408. The number of nitrogens with zero attached hydrogens (tertiary/aromatic N) is 3. The summed E-state index contributed by atoms with van der Waals surface area (Å²) in [6.07, 6.45) is -3.10. The van der Waals surface area contributed by atoms with Crippen molar-refractivity contribution >= 4 is 33.0 Å². The molecule has 0 radical (unpaired) electrons. The average molecular weight is 609 g/mol. The van der Waals surface area contributed by atoms with Gasteiger partial charge in [-0.15, -0.1) is 0 Å². The summed E-state index contributed by atoms with van der Waals surface area (Å²) >= 11 is 6.50. The molecule has 1 atom stereocenters. The average Bonchev–Trinajstić information content (AvgIpc) is 3.15. The zero-order valence-corrected chi connectivity index (χ0v) is 24.7. The number of carbonyl (C=O) groups is 1. The summed E-state index contributed by atoms with van der Waals surface area (Å²) < 4.78 is 73.0. The zero-order valence-electron chi connectivity index (χ0n) is 23.1. The van der Waals surface area contributed by atoms with Crippen LogP contribution >= 0.6 is 11.6 Å². The molecule has 0 spiro atoms. The number of nitrogens with two attached hydrogens (primary N) is 1. The topological polar surface area (TPSA) is 128 Å². The van der Waals surface area contributed by atoms with Crippen molar-refractivity contribution in [1.82, 2.24) is 9.78 Å². The fraction of sp³-hybridized carbons (Fsp3) is 0.615. The number of sulfone groups is 1. The Morgan fingerprint density at radius 1 is 1.30 bits per heavy atom. The first-order chi connectivity index (χ1) is 18.4. The van der Waals surface area contributed by atoms with Crippen molar-refractivity contribution in [2.75, 3.05) is 24.8 Å². The number of benzene rings is 1. The molecule has 9 nitrogen and oxygen atoms in total. The van der Waals surface area contributed by atoms with Crippen LogP contribution < -0.4 is 15.4 Å². The molecule has 1 amide bonds. The second-order valence-electron chi connectivity index (χ2n) is 10.9. The second-order valence-corrected chi connectivity index (χ2v) is 13.6. The summed E-state index contributed by atoms with van der Waals surface area (Å²) in [6.45, 7) is 4.89. The van der Waals surface area contributed by atoms with Crippen LogP contribution in [0.2, 0.25) is 5.02 Å². The molecule has 0 saturated heterocycles. The number of ether oxygens (including phenoxy) is 1. The van der Waals surface area contributed by atoms with Gasteiger partial charge in [0.25, 0.3) is 5.91 Å². The molecule has 3 N–H and O–H groups in total. The van der Waals surface area contributed by atoms with E-state index in [4.69, 9.17) is 22.1 Å². The van der Waals surface area contributed by atoms with Crippen LogP contribution in [-0.4, -0.2) is 72.2 Å². The van der Waals surface area contributed by atoms with Gasteiger partial charge in [-0.05, 0) is 50.7 Å².